The molecule has 2 heterocycles. The van der Waals surface area contributed by atoms with Crippen LogP contribution in [0.1, 0.15) is 0 Å². The fourth-order valence-electron chi connectivity index (χ4n) is 1.49. The van der Waals surface area contributed by atoms with Crippen LogP contribution in [0.4, 0.5) is 5.13 Å². The molecule has 1 saturated heterocycles. The van der Waals surface area contributed by atoms with E-state index in [1.54, 1.807) is 0 Å². The van der Waals surface area contributed by atoms with Gasteiger partial charge in [0.15, 0.2) is 5.13 Å². The Balaban J connectivity index is 2.12. The fraction of sp³-hybridized carbons (Fsp3) is 0.100. The van der Waals surface area contributed by atoms with Gasteiger partial charge >= 0.3 is 0 Å². The van der Waals surface area contributed by atoms with Gasteiger partial charge in [0, 0.05) is 0 Å². The van der Waals surface area contributed by atoms with Crippen LogP contribution in [0.5, 0.6) is 0 Å². The Bertz CT molecular complexity index is 544. The molecule has 1 fully saturated rings. The Kier molecular flexibility index (Phi) is 2.42. The molecule has 0 unspecified atom stereocenters. The SMILES string of the molecule is O=C1CSC(=S)N1c1nc2ccccc2s1. The summed E-state index contributed by atoms with van der Waals surface area (Å²) >= 11 is 8.03. The minimum atomic E-state index is 0.0223. The van der Waals surface area contributed by atoms with E-state index >= 15 is 0 Å². The Morgan fingerprint density at radius 2 is 2.19 bits per heavy atom. The van der Waals surface area contributed by atoms with Crippen LogP contribution in [0.3, 0.4) is 0 Å². The molecule has 3 nitrogen and oxygen atoms in total. The Hall–Kier alpha value is -0.980. The maximum atomic E-state index is 11.6. The molecule has 80 valence electrons. The van der Waals surface area contributed by atoms with Crippen molar-refractivity contribution >= 4 is 60.9 Å². The second-order valence-corrected chi connectivity index (χ2v) is 5.87. The predicted octanol–water partition coefficient (Wildman–Crippen LogP) is 2.66. The van der Waals surface area contributed by atoms with Gasteiger partial charge < -0.3 is 0 Å². The predicted molar refractivity (Wildman–Crippen MR) is 72.2 cm³/mol. The van der Waals surface area contributed by atoms with Crippen LogP contribution in [0.15, 0.2) is 24.3 Å². The van der Waals surface area contributed by atoms with Crippen LogP contribution in [0.25, 0.3) is 10.2 Å². The van der Waals surface area contributed by atoms with E-state index in [4.69, 9.17) is 12.2 Å². The van der Waals surface area contributed by atoms with Crippen molar-refractivity contribution in [2.75, 3.05) is 10.7 Å². The van der Waals surface area contributed by atoms with Crippen LogP contribution in [-0.4, -0.2) is 21.0 Å². The molecule has 16 heavy (non-hydrogen) atoms. The average molecular weight is 266 g/mol. The number of carbonyl (C=O) groups excluding carboxylic acids is 1. The van der Waals surface area contributed by atoms with Crippen LogP contribution < -0.4 is 4.90 Å². The topological polar surface area (TPSA) is 33.2 Å². The molecule has 0 aliphatic carbocycles. The number of carbonyl (C=O) groups is 1. The molecule has 1 aliphatic heterocycles. The van der Waals surface area contributed by atoms with E-state index < -0.39 is 0 Å². The molecule has 2 aromatic rings. The molecule has 0 N–H and O–H groups in total. The third-order valence-corrected chi connectivity index (χ3v) is 4.60. The molecule has 0 atom stereocenters. The van der Waals surface area contributed by atoms with E-state index in [1.807, 2.05) is 24.3 Å². The number of nitrogens with zero attached hydrogens (tertiary/aromatic N) is 2. The maximum absolute atomic E-state index is 11.6. The van der Waals surface area contributed by atoms with Crippen molar-refractivity contribution in [3.63, 3.8) is 0 Å². The number of hydrogen-bond acceptors (Lipinski definition) is 5. The molecule has 1 aromatic heterocycles. The largest absolute Gasteiger partial charge is 0.273 e. The van der Waals surface area contributed by atoms with Gasteiger partial charge in [-0.1, -0.05) is 47.4 Å². The molecule has 3 rings (SSSR count). The van der Waals surface area contributed by atoms with Crippen molar-refractivity contribution in [1.29, 1.82) is 0 Å². The molecule has 1 aromatic carbocycles. The Morgan fingerprint density at radius 3 is 2.88 bits per heavy atom. The number of para-hydroxylation sites is 1. The van der Waals surface area contributed by atoms with Gasteiger partial charge in [-0.15, -0.1) is 0 Å². The summed E-state index contributed by atoms with van der Waals surface area (Å²) in [6, 6.07) is 7.83. The minimum absolute atomic E-state index is 0.0223. The van der Waals surface area contributed by atoms with Crippen LogP contribution >= 0.6 is 35.3 Å². The van der Waals surface area contributed by atoms with Gasteiger partial charge in [-0.25, -0.2) is 9.88 Å². The zero-order chi connectivity index (χ0) is 11.1. The number of thiocarbonyl (C=S) groups is 1. The van der Waals surface area contributed by atoms with Crippen molar-refractivity contribution in [1.82, 2.24) is 4.98 Å². The number of fused-ring (bicyclic) bond motifs is 1. The van der Waals surface area contributed by atoms with E-state index in [-0.39, 0.29) is 5.91 Å². The highest BCUT2D eigenvalue weighted by molar-refractivity contribution is 8.24. The molecule has 1 aliphatic rings. The van der Waals surface area contributed by atoms with Crippen LogP contribution in [-0.2, 0) is 4.79 Å². The van der Waals surface area contributed by atoms with Gasteiger partial charge in [-0.05, 0) is 12.1 Å². The monoisotopic (exact) mass is 266 g/mol. The summed E-state index contributed by atoms with van der Waals surface area (Å²) < 4.78 is 1.68. The molecule has 0 spiro atoms. The van der Waals surface area contributed by atoms with Crippen molar-refractivity contribution < 1.29 is 4.79 Å². The number of rotatable bonds is 1. The summed E-state index contributed by atoms with van der Waals surface area (Å²) in [6.07, 6.45) is 0. The zero-order valence-corrected chi connectivity index (χ0v) is 10.5. The standard InChI is InChI=1S/C10H6N2OS3/c13-8-5-15-10(14)12(8)9-11-6-3-1-2-4-7(6)16-9/h1-4H,5H2. The summed E-state index contributed by atoms with van der Waals surface area (Å²) in [5.74, 6) is 0.448. The first-order valence-corrected chi connectivity index (χ1v) is 6.82. The van der Waals surface area contributed by atoms with E-state index in [0.717, 1.165) is 10.2 Å². The summed E-state index contributed by atoms with van der Waals surface area (Å²) in [5.41, 5.74) is 0.912. The quantitative estimate of drug-likeness (QED) is 0.743. The molecule has 0 saturated carbocycles. The van der Waals surface area contributed by atoms with Crippen molar-refractivity contribution in [2.24, 2.45) is 0 Å². The Labute approximate surface area is 105 Å². The fourth-order valence-corrected chi connectivity index (χ4v) is 3.66. The van der Waals surface area contributed by atoms with Crippen molar-refractivity contribution in [3.05, 3.63) is 24.3 Å². The van der Waals surface area contributed by atoms with Crippen molar-refractivity contribution in [2.45, 2.75) is 0 Å². The number of anilines is 1. The first kappa shape index (κ1) is 10.2. The second kappa shape index (κ2) is 3.80. The lowest BCUT2D eigenvalue weighted by Gasteiger charge is -2.09. The first-order valence-electron chi connectivity index (χ1n) is 4.61. The van der Waals surface area contributed by atoms with Gasteiger partial charge in [-0.2, -0.15) is 0 Å². The number of benzene rings is 1. The van der Waals surface area contributed by atoms with E-state index in [1.165, 1.54) is 28.0 Å². The number of thiazole rings is 1. The van der Waals surface area contributed by atoms with Gasteiger partial charge in [-0.3, -0.25) is 4.79 Å². The molecular weight excluding hydrogens is 260 g/mol. The molecular formula is C10H6N2OS3. The number of hydrogen-bond donors (Lipinski definition) is 0. The highest BCUT2D eigenvalue weighted by atomic mass is 32.2. The molecule has 0 radical (unpaired) electrons. The summed E-state index contributed by atoms with van der Waals surface area (Å²) in [4.78, 5) is 17.6. The third kappa shape index (κ3) is 1.53. The van der Waals surface area contributed by atoms with E-state index in [9.17, 15) is 4.79 Å². The van der Waals surface area contributed by atoms with Crippen LogP contribution in [0.2, 0.25) is 0 Å². The number of amides is 1. The summed E-state index contributed by atoms with van der Waals surface area (Å²) in [6.45, 7) is 0. The Morgan fingerprint density at radius 1 is 1.38 bits per heavy atom. The molecule has 1 amide bonds. The summed E-state index contributed by atoms with van der Waals surface area (Å²) in [5, 5.41) is 0.682. The lowest BCUT2D eigenvalue weighted by Crippen LogP contribution is -2.27. The third-order valence-electron chi connectivity index (χ3n) is 2.22. The summed E-state index contributed by atoms with van der Waals surface area (Å²) in [7, 11) is 0. The van der Waals surface area contributed by atoms with Gasteiger partial charge in [0.25, 0.3) is 0 Å². The number of thioether (sulfide) groups is 1. The zero-order valence-electron chi connectivity index (χ0n) is 8.04. The molecule has 0 bridgehead atoms. The van der Waals surface area contributed by atoms with Crippen LogP contribution in [0, 0.1) is 0 Å². The lowest BCUT2D eigenvalue weighted by atomic mass is 10.3. The van der Waals surface area contributed by atoms with Crippen molar-refractivity contribution in [3.8, 4) is 0 Å². The smallest absolute Gasteiger partial charge is 0.244 e. The van der Waals surface area contributed by atoms with E-state index in [2.05, 4.69) is 4.98 Å². The van der Waals surface area contributed by atoms with E-state index in [0.29, 0.717) is 15.2 Å². The average Bonchev–Trinajstić information content (AvgIpc) is 2.82. The first-order chi connectivity index (χ1) is 7.75. The van der Waals surface area contributed by atoms with Gasteiger partial charge in [0.05, 0.1) is 16.0 Å². The van der Waals surface area contributed by atoms with Gasteiger partial charge in [0.2, 0.25) is 5.91 Å². The normalized spacial score (nSPS) is 16.4. The molecule has 6 heteroatoms. The van der Waals surface area contributed by atoms with Gasteiger partial charge in [0.1, 0.15) is 4.32 Å². The number of aromatic nitrogens is 1. The highest BCUT2D eigenvalue weighted by Gasteiger charge is 2.30. The maximum Gasteiger partial charge on any atom is 0.244 e. The minimum Gasteiger partial charge on any atom is -0.273 e. The highest BCUT2D eigenvalue weighted by Crippen LogP contribution is 2.33. The second-order valence-electron chi connectivity index (χ2n) is 3.25. The lowest BCUT2D eigenvalue weighted by molar-refractivity contribution is -0.115.